The second-order valence-electron chi connectivity index (χ2n) is 7.10. The molecule has 0 spiro atoms. The number of carbonyl (C=O) groups is 1. The summed E-state index contributed by atoms with van der Waals surface area (Å²) in [7, 11) is 0. The average Bonchev–Trinajstić information content (AvgIpc) is 3.17. The molecule has 1 fully saturated rings. The van der Waals surface area contributed by atoms with Crippen molar-refractivity contribution in [3.05, 3.63) is 47.3 Å². The first-order valence-electron chi connectivity index (χ1n) is 9.28. The Morgan fingerprint density at radius 1 is 1.19 bits per heavy atom. The lowest BCUT2D eigenvalue weighted by Gasteiger charge is -2.25. The highest BCUT2D eigenvalue weighted by Gasteiger charge is 2.32. The lowest BCUT2D eigenvalue weighted by molar-refractivity contribution is -0.128. The van der Waals surface area contributed by atoms with E-state index in [9.17, 15) is 9.18 Å². The Morgan fingerprint density at radius 2 is 2.04 bits per heavy atom. The smallest absolute Gasteiger partial charge is 0.219 e. The van der Waals surface area contributed by atoms with Gasteiger partial charge in [0.1, 0.15) is 17.5 Å². The molecule has 26 heavy (non-hydrogen) atoms. The van der Waals surface area contributed by atoms with Crippen LogP contribution in [0.3, 0.4) is 0 Å². The van der Waals surface area contributed by atoms with Crippen molar-refractivity contribution in [1.29, 1.82) is 0 Å². The Kier molecular flexibility index (Phi) is 4.72. The van der Waals surface area contributed by atoms with Gasteiger partial charge in [-0.2, -0.15) is 0 Å². The standard InChI is InChI=1S/C19H24FN5O/c1-14(26)23-10-8-18-21-22-19(25(18)12-11-23)17-7-4-9-24(17)13-15-5-2-3-6-16(15)20/h2-3,5-6,17H,4,7-13H2,1H3/t17-/m1/s1. The summed E-state index contributed by atoms with van der Waals surface area (Å²) < 4.78 is 16.2. The van der Waals surface area contributed by atoms with Gasteiger partial charge in [-0.15, -0.1) is 10.2 Å². The van der Waals surface area contributed by atoms with E-state index in [1.807, 2.05) is 17.0 Å². The van der Waals surface area contributed by atoms with Gasteiger partial charge in [0.25, 0.3) is 0 Å². The van der Waals surface area contributed by atoms with Crippen molar-refractivity contribution in [2.75, 3.05) is 19.6 Å². The first kappa shape index (κ1) is 17.1. The van der Waals surface area contributed by atoms with Crippen LogP contribution in [0.5, 0.6) is 0 Å². The van der Waals surface area contributed by atoms with Gasteiger partial charge in [0.05, 0.1) is 6.04 Å². The van der Waals surface area contributed by atoms with Crippen LogP contribution in [0.4, 0.5) is 4.39 Å². The zero-order chi connectivity index (χ0) is 18.1. The van der Waals surface area contributed by atoms with Crippen LogP contribution in [-0.4, -0.2) is 50.1 Å². The molecule has 1 aromatic heterocycles. The van der Waals surface area contributed by atoms with E-state index in [1.165, 1.54) is 6.07 Å². The Balaban J connectivity index is 1.55. The van der Waals surface area contributed by atoms with Gasteiger partial charge in [0.15, 0.2) is 0 Å². The monoisotopic (exact) mass is 357 g/mol. The van der Waals surface area contributed by atoms with E-state index in [-0.39, 0.29) is 17.8 Å². The maximum Gasteiger partial charge on any atom is 0.219 e. The number of amides is 1. The van der Waals surface area contributed by atoms with Crippen LogP contribution in [0.25, 0.3) is 0 Å². The third kappa shape index (κ3) is 3.23. The fraction of sp³-hybridized carbons (Fsp3) is 0.526. The summed E-state index contributed by atoms with van der Waals surface area (Å²) in [5.74, 6) is 1.85. The number of nitrogens with zero attached hydrogens (tertiary/aromatic N) is 5. The number of rotatable bonds is 3. The zero-order valence-corrected chi connectivity index (χ0v) is 15.1. The lowest BCUT2D eigenvalue weighted by atomic mass is 10.1. The highest BCUT2D eigenvalue weighted by molar-refractivity contribution is 5.73. The molecule has 0 unspecified atom stereocenters. The molecule has 138 valence electrons. The van der Waals surface area contributed by atoms with Gasteiger partial charge in [-0.25, -0.2) is 4.39 Å². The maximum absolute atomic E-state index is 14.1. The molecule has 1 saturated heterocycles. The summed E-state index contributed by atoms with van der Waals surface area (Å²) in [4.78, 5) is 15.9. The lowest BCUT2D eigenvalue weighted by Crippen LogP contribution is -2.32. The number of carbonyl (C=O) groups excluding carboxylic acids is 1. The van der Waals surface area contributed by atoms with E-state index < -0.39 is 0 Å². The van der Waals surface area contributed by atoms with Crippen molar-refractivity contribution >= 4 is 5.91 Å². The molecule has 2 aliphatic heterocycles. The summed E-state index contributed by atoms with van der Waals surface area (Å²) in [6, 6.07) is 7.11. The molecule has 4 rings (SSSR count). The molecular formula is C19H24FN5O. The topological polar surface area (TPSA) is 54.3 Å². The minimum atomic E-state index is -0.157. The highest BCUT2D eigenvalue weighted by Crippen LogP contribution is 2.33. The van der Waals surface area contributed by atoms with Crippen LogP contribution in [0.15, 0.2) is 24.3 Å². The highest BCUT2D eigenvalue weighted by atomic mass is 19.1. The number of likely N-dealkylation sites (tertiary alicyclic amines) is 1. The van der Waals surface area contributed by atoms with Crippen LogP contribution in [0.1, 0.15) is 43.0 Å². The van der Waals surface area contributed by atoms with E-state index in [2.05, 4.69) is 19.7 Å². The van der Waals surface area contributed by atoms with Crippen molar-refractivity contribution in [2.24, 2.45) is 0 Å². The molecule has 1 atom stereocenters. The number of aromatic nitrogens is 3. The van der Waals surface area contributed by atoms with E-state index in [4.69, 9.17) is 0 Å². The fourth-order valence-electron chi connectivity index (χ4n) is 4.06. The Morgan fingerprint density at radius 3 is 2.85 bits per heavy atom. The largest absolute Gasteiger partial charge is 0.341 e. The van der Waals surface area contributed by atoms with Crippen LogP contribution < -0.4 is 0 Å². The first-order chi connectivity index (χ1) is 12.6. The number of benzene rings is 1. The summed E-state index contributed by atoms with van der Waals surface area (Å²) in [5.41, 5.74) is 0.720. The van der Waals surface area contributed by atoms with Crippen LogP contribution >= 0.6 is 0 Å². The third-order valence-electron chi connectivity index (χ3n) is 5.49. The Hall–Kier alpha value is -2.28. The number of hydrogen-bond donors (Lipinski definition) is 0. The van der Waals surface area contributed by atoms with Crippen molar-refractivity contribution < 1.29 is 9.18 Å². The van der Waals surface area contributed by atoms with Gasteiger partial charge in [-0.3, -0.25) is 9.69 Å². The van der Waals surface area contributed by atoms with Gasteiger partial charge >= 0.3 is 0 Å². The van der Waals surface area contributed by atoms with E-state index >= 15 is 0 Å². The number of halogens is 1. The second kappa shape index (κ2) is 7.15. The molecular weight excluding hydrogens is 333 g/mol. The van der Waals surface area contributed by atoms with E-state index in [0.29, 0.717) is 19.6 Å². The summed E-state index contributed by atoms with van der Waals surface area (Å²) >= 11 is 0. The van der Waals surface area contributed by atoms with Gasteiger partial charge in [0.2, 0.25) is 5.91 Å². The SMILES string of the molecule is CC(=O)N1CCc2nnc([C@H]3CCCN3Cc3ccccc3F)n2CC1. The molecule has 7 heteroatoms. The summed E-state index contributed by atoms with van der Waals surface area (Å²) in [5, 5.41) is 8.87. The van der Waals surface area contributed by atoms with Crippen LogP contribution in [-0.2, 0) is 24.3 Å². The average molecular weight is 357 g/mol. The van der Waals surface area contributed by atoms with Crippen LogP contribution in [0, 0.1) is 5.82 Å². The summed E-state index contributed by atoms with van der Waals surface area (Å²) in [6.45, 7) is 5.23. The molecule has 3 heterocycles. The van der Waals surface area contributed by atoms with Gasteiger partial charge in [-0.05, 0) is 25.5 Å². The summed E-state index contributed by atoms with van der Waals surface area (Å²) in [6.07, 6.45) is 2.80. The molecule has 0 aliphatic carbocycles. The quantitative estimate of drug-likeness (QED) is 0.845. The third-order valence-corrected chi connectivity index (χ3v) is 5.49. The molecule has 1 amide bonds. The van der Waals surface area contributed by atoms with Gasteiger partial charge < -0.3 is 9.47 Å². The number of hydrogen-bond acceptors (Lipinski definition) is 4. The van der Waals surface area contributed by atoms with Gasteiger partial charge in [0, 0.05) is 45.1 Å². The molecule has 0 radical (unpaired) electrons. The maximum atomic E-state index is 14.1. The Bertz CT molecular complexity index is 805. The normalized spacial score (nSPS) is 20.8. The molecule has 6 nitrogen and oxygen atoms in total. The molecule has 2 aliphatic rings. The zero-order valence-electron chi connectivity index (χ0n) is 15.1. The van der Waals surface area contributed by atoms with Crippen molar-refractivity contribution in [3.63, 3.8) is 0 Å². The van der Waals surface area contributed by atoms with Crippen molar-refractivity contribution in [2.45, 2.75) is 45.3 Å². The predicted octanol–water partition coefficient (Wildman–Crippen LogP) is 2.16. The molecule has 1 aromatic carbocycles. The minimum absolute atomic E-state index is 0.104. The van der Waals surface area contributed by atoms with Crippen molar-refractivity contribution in [1.82, 2.24) is 24.6 Å². The van der Waals surface area contributed by atoms with Gasteiger partial charge in [-0.1, -0.05) is 18.2 Å². The minimum Gasteiger partial charge on any atom is -0.341 e. The van der Waals surface area contributed by atoms with E-state index in [1.54, 1.807) is 13.0 Å². The Labute approximate surface area is 152 Å². The second-order valence-corrected chi connectivity index (χ2v) is 7.10. The number of fused-ring (bicyclic) bond motifs is 1. The molecule has 0 bridgehead atoms. The molecule has 2 aromatic rings. The van der Waals surface area contributed by atoms with E-state index in [0.717, 1.165) is 49.6 Å². The fourth-order valence-corrected chi connectivity index (χ4v) is 4.06. The van der Waals surface area contributed by atoms with Crippen molar-refractivity contribution in [3.8, 4) is 0 Å². The first-order valence-corrected chi connectivity index (χ1v) is 9.28. The molecule has 0 N–H and O–H groups in total. The predicted molar refractivity (Wildman–Crippen MR) is 94.8 cm³/mol. The molecule has 0 saturated carbocycles. The van der Waals surface area contributed by atoms with Crippen LogP contribution in [0.2, 0.25) is 0 Å².